The van der Waals surface area contributed by atoms with Gasteiger partial charge in [-0.25, -0.2) is 0 Å². The first kappa shape index (κ1) is 37.7. The van der Waals surface area contributed by atoms with Crippen molar-refractivity contribution >= 4 is 17.3 Å². The van der Waals surface area contributed by atoms with Crippen LogP contribution in [0.3, 0.4) is 0 Å². The minimum absolute atomic E-state index is 0.150. The second-order valence-electron chi connectivity index (χ2n) is 12.3. The normalized spacial score (nSPS) is 11.0. The third kappa shape index (κ3) is 8.86. The number of fused-ring (bicyclic) bond motifs is 1. The van der Waals surface area contributed by atoms with Gasteiger partial charge in [0.25, 0.3) is 0 Å². The quantitative estimate of drug-likeness (QED) is 0.0599. The fourth-order valence-electron chi connectivity index (χ4n) is 6.55. The molecule has 5 aromatic carbocycles. The molecule has 0 unspecified atom stereocenters. The van der Waals surface area contributed by atoms with Crippen molar-refractivity contribution < 1.29 is 24.1 Å². The maximum absolute atomic E-state index is 10.5. The van der Waals surface area contributed by atoms with E-state index in [1.54, 1.807) is 14.2 Å². The number of methoxy groups -OCH3 is 2. The van der Waals surface area contributed by atoms with Gasteiger partial charge in [-0.1, -0.05) is 110 Å². The van der Waals surface area contributed by atoms with Crippen molar-refractivity contribution in [2.24, 2.45) is 0 Å². The number of hydrogen-bond acceptors (Lipinski definition) is 6. The summed E-state index contributed by atoms with van der Waals surface area (Å²) in [5.74, 6) is 1.58. The zero-order chi connectivity index (χ0) is 36.6. The summed E-state index contributed by atoms with van der Waals surface area (Å²) >= 11 is 0. The number of aromatic nitrogens is 1. The fraction of sp³-hybridized carbons (Fsp3) is 0.244. The van der Waals surface area contributed by atoms with Gasteiger partial charge in [-0.2, -0.15) is 0 Å². The van der Waals surface area contributed by atoms with Crippen molar-refractivity contribution in [3.05, 3.63) is 161 Å². The van der Waals surface area contributed by atoms with Gasteiger partial charge in [0.15, 0.2) is 0 Å². The van der Waals surface area contributed by atoms with Crippen LogP contribution in [0.25, 0.3) is 22.0 Å². The molecule has 1 heterocycles. The number of para-hydroxylation sites is 1. The molecule has 0 fully saturated rings. The fourth-order valence-corrected chi connectivity index (χ4v) is 6.55. The molecule has 0 aliphatic heterocycles. The Morgan fingerprint density at radius 3 is 1.87 bits per heavy atom. The Labute approximate surface area is 307 Å². The van der Waals surface area contributed by atoms with Gasteiger partial charge in [-0.3, -0.25) is 9.78 Å². The van der Waals surface area contributed by atoms with Crippen molar-refractivity contribution in [2.45, 2.75) is 38.2 Å². The molecule has 0 saturated heterocycles. The summed E-state index contributed by atoms with van der Waals surface area (Å²) in [6.07, 6.45) is 5.97. The second kappa shape index (κ2) is 19.2. The Bertz CT molecular complexity index is 1920. The summed E-state index contributed by atoms with van der Waals surface area (Å²) in [6.45, 7) is 3.48. The van der Waals surface area contributed by atoms with Gasteiger partial charge in [-0.15, -0.1) is 0 Å². The summed E-state index contributed by atoms with van der Waals surface area (Å²) in [7, 11) is 3.32. The lowest BCUT2D eigenvalue weighted by molar-refractivity contribution is -0.109. The maximum atomic E-state index is 10.5. The number of aliphatic hydroxyl groups is 1. The highest BCUT2D eigenvalue weighted by molar-refractivity contribution is 5.97. The number of benzene rings is 5. The standard InChI is InChI=1S/C26H29NO4.C19H19NO/c1-29-24-14-10-22(11-15-24)26(21-8-4-3-5-9-21,31-19-7-6-18-27-20-28)23-12-16-25(30-2)17-13-23;1-2-14-13-20-19-16(11-12-21)9-6-10-17(19)18(14)15-7-4-3-5-8-15/h3-5,8-17,20H,6-7,18-19H2,1-2H3,(H,27,28);3-10,13,21H,2,11-12H2,1H3. The van der Waals surface area contributed by atoms with E-state index < -0.39 is 5.60 Å². The van der Waals surface area contributed by atoms with E-state index in [1.807, 2.05) is 85.1 Å². The van der Waals surface area contributed by atoms with Gasteiger partial charge >= 0.3 is 0 Å². The van der Waals surface area contributed by atoms with Crippen molar-refractivity contribution in [3.63, 3.8) is 0 Å². The van der Waals surface area contributed by atoms with Crippen molar-refractivity contribution in [3.8, 4) is 22.6 Å². The molecule has 0 atom stereocenters. The summed E-state index contributed by atoms with van der Waals surface area (Å²) in [6, 6.07) is 42.9. The third-order valence-corrected chi connectivity index (χ3v) is 9.17. The van der Waals surface area contributed by atoms with Crippen LogP contribution >= 0.6 is 0 Å². The minimum Gasteiger partial charge on any atom is -0.497 e. The lowest BCUT2D eigenvalue weighted by atomic mass is 9.80. The van der Waals surface area contributed by atoms with Gasteiger partial charge in [0.2, 0.25) is 6.41 Å². The van der Waals surface area contributed by atoms with E-state index in [1.165, 1.54) is 22.1 Å². The molecule has 1 amide bonds. The number of carbonyl (C=O) groups is 1. The molecule has 2 N–H and O–H groups in total. The van der Waals surface area contributed by atoms with Crippen LogP contribution in [0.1, 0.15) is 47.6 Å². The van der Waals surface area contributed by atoms with Crippen LogP contribution in [-0.2, 0) is 28.0 Å². The molecule has 268 valence electrons. The molecule has 6 rings (SSSR count). The smallest absolute Gasteiger partial charge is 0.207 e. The van der Waals surface area contributed by atoms with Crippen LogP contribution in [0.15, 0.2) is 134 Å². The molecule has 0 saturated carbocycles. The molecular formula is C45H48N2O5. The molecule has 52 heavy (non-hydrogen) atoms. The number of aliphatic hydroxyl groups excluding tert-OH is 1. The van der Waals surface area contributed by atoms with E-state index in [-0.39, 0.29) is 6.61 Å². The van der Waals surface area contributed by atoms with Crippen LogP contribution in [0.2, 0.25) is 0 Å². The topological polar surface area (TPSA) is 89.9 Å². The number of ether oxygens (including phenoxy) is 3. The van der Waals surface area contributed by atoms with E-state index in [0.717, 1.165) is 64.9 Å². The minimum atomic E-state index is -0.794. The van der Waals surface area contributed by atoms with Crippen LogP contribution in [-0.4, -0.2) is 50.5 Å². The molecular weight excluding hydrogens is 649 g/mol. The zero-order valence-corrected chi connectivity index (χ0v) is 30.3. The maximum Gasteiger partial charge on any atom is 0.207 e. The molecule has 6 aromatic rings. The van der Waals surface area contributed by atoms with E-state index in [9.17, 15) is 9.90 Å². The lowest BCUT2D eigenvalue weighted by Gasteiger charge is -2.36. The Morgan fingerprint density at radius 2 is 1.31 bits per heavy atom. The van der Waals surface area contributed by atoms with E-state index in [4.69, 9.17) is 14.2 Å². The highest BCUT2D eigenvalue weighted by Crippen LogP contribution is 2.42. The number of unbranched alkanes of at least 4 members (excludes halogenated alkanes) is 1. The monoisotopic (exact) mass is 696 g/mol. The third-order valence-electron chi connectivity index (χ3n) is 9.17. The van der Waals surface area contributed by atoms with Crippen LogP contribution in [0, 0.1) is 0 Å². The number of rotatable bonds is 16. The molecule has 7 nitrogen and oxygen atoms in total. The predicted octanol–water partition coefficient (Wildman–Crippen LogP) is 8.54. The van der Waals surface area contributed by atoms with Gasteiger partial charge < -0.3 is 24.6 Å². The molecule has 0 bridgehead atoms. The molecule has 0 aliphatic rings. The number of nitrogens with zero attached hydrogens (tertiary/aromatic N) is 1. The van der Waals surface area contributed by atoms with E-state index in [0.29, 0.717) is 19.6 Å². The van der Waals surface area contributed by atoms with Gasteiger partial charge in [0, 0.05) is 31.3 Å². The zero-order valence-electron chi connectivity index (χ0n) is 30.3. The van der Waals surface area contributed by atoms with E-state index in [2.05, 4.69) is 65.8 Å². The van der Waals surface area contributed by atoms with Gasteiger partial charge in [-0.05, 0) is 88.9 Å². The van der Waals surface area contributed by atoms with Gasteiger partial charge in [0.1, 0.15) is 17.1 Å². The van der Waals surface area contributed by atoms with E-state index >= 15 is 0 Å². The first-order valence-corrected chi connectivity index (χ1v) is 17.8. The van der Waals surface area contributed by atoms with Crippen LogP contribution in [0.4, 0.5) is 0 Å². The Morgan fingerprint density at radius 1 is 0.712 bits per heavy atom. The van der Waals surface area contributed by atoms with Crippen LogP contribution < -0.4 is 14.8 Å². The first-order valence-electron chi connectivity index (χ1n) is 17.8. The van der Waals surface area contributed by atoms with Crippen molar-refractivity contribution in [1.29, 1.82) is 0 Å². The summed E-state index contributed by atoms with van der Waals surface area (Å²) < 4.78 is 17.5. The summed E-state index contributed by atoms with van der Waals surface area (Å²) in [5.41, 5.74) is 8.12. The molecule has 0 spiro atoms. The van der Waals surface area contributed by atoms with Crippen LogP contribution in [0.5, 0.6) is 11.5 Å². The number of aryl methyl sites for hydroxylation is 1. The SMILES string of the molecule is CCc1cnc2c(CCO)cccc2c1-c1ccccc1.COc1ccc(C(OCCCCNC=O)(c2ccccc2)c2ccc(OC)cc2)cc1. The average Bonchev–Trinajstić information content (AvgIpc) is 3.21. The summed E-state index contributed by atoms with van der Waals surface area (Å²) in [5, 5.41) is 13.1. The summed E-state index contributed by atoms with van der Waals surface area (Å²) in [4.78, 5) is 15.1. The second-order valence-corrected chi connectivity index (χ2v) is 12.3. The van der Waals surface area contributed by atoms with Crippen molar-refractivity contribution in [2.75, 3.05) is 34.0 Å². The highest BCUT2D eigenvalue weighted by Gasteiger charge is 2.37. The van der Waals surface area contributed by atoms with Gasteiger partial charge in [0.05, 0.1) is 19.7 Å². The number of nitrogens with one attached hydrogen (secondary N) is 1. The molecule has 1 aromatic heterocycles. The highest BCUT2D eigenvalue weighted by atomic mass is 16.5. The molecule has 0 radical (unpaired) electrons. The predicted molar refractivity (Wildman–Crippen MR) is 209 cm³/mol. The largest absolute Gasteiger partial charge is 0.497 e. The van der Waals surface area contributed by atoms with Crippen molar-refractivity contribution in [1.82, 2.24) is 10.3 Å². The lowest BCUT2D eigenvalue weighted by Crippen LogP contribution is -2.33. The molecule has 7 heteroatoms. The first-order chi connectivity index (χ1) is 25.6. The Hall–Kier alpha value is -5.50. The molecule has 0 aliphatic carbocycles. The Balaban J connectivity index is 0.000000216. The average molecular weight is 697 g/mol. The number of amides is 1. The number of hydrogen-bond donors (Lipinski definition) is 2. The number of carbonyl (C=O) groups excluding carboxylic acids is 1. The number of pyridine rings is 1. The Kier molecular flexibility index (Phi) is 13.9.